The fourth-order valence-corrected chi connectivity index (χ4v) is 1.66. The molecular formula is C9H18N3O9P. The molecule has 0 unspecified atom stereocenters. The molecule has 0 spiro atoms. The van der Waals surface area contributed by atoms with Crippen molar-refractivity contribution in [1.29, 1.82) is 0 Å². The van der Waals surface area contributed by atoms with Crippen molar-refractivity contribution in [3.63, 3.8) is 0 Å². The second-order valence-electron chi connectivity index (χ2n) is 3.82. The maximum Gasteiger partial charge on any atom is 0.537 e. The van der Waals surface area contributed by atoms with E-state index < -0.39 is 64.5 Å². The lowest BCUT2D eigenvalue weighted by Crippen LogP contribution is -2.38. The Morgan fingerprint density at radius 3 is 1.14 bits per heavy atom. The molecule has 0 saturated heterocycles. The molecule has 0 bridgehead atoms. The van der Waals surface area contributed by atoms with Crippen molar-refractivity contribution in [2.45, 2.75) is 18.1 Å². The van der Waals surface area contributed by atoms with Gasteiger partial charge in [-0.3, -0.25) is 0 Å². The third-order valence-corrected chi connectivity index (χ3v) is 2.98. The van der Waals surface area contributed by atoms with Gasteiger partial charge in [-0.15, -0.1) is 0 Å². The number of aliphatic hydroxyl groups excluding tert-OH is 3. The molecule has 0 amide bonds. The largest absolute Gasteiger partial charge is 0.537 e. The van der Waals surface area contributed by atoms with Crippen LogP contribution in [-0.2, 0) is 28.0 Å². The average molecular weight is 343 g/mol. The predicted molar refractivity (Wildman–Crippen MR) is 70.4 cm³/mol. The highest BCUT2D eigenvalue weighted by atomic mass is 31.2. The second kappa shape index (κ2) is 10.3. The minimum absolute atomic E-state index is 0.768. The molecule has 13 heteroatoms. The zero-order chi connectivity index (χ0) is 17.3. The number of nitrogens with two attached hydrogens (primary N) is 3. The van der Waals surface area contributed by atoms with Crippen LogP contribution < -0.4 is 17.2 Å². The quantitative estimate of drug-likeness (QED) is 0.219. The zero-order valence-electron chi connectivity index (χ0n) is 11.3. The van der Waals surface area contributed by atoms with Gasteiger partial charge in [-0.25, -0.2) is 14.4 Å². The topological polar surface area (TPSA) is 218 Å². The fourth-order valence-electron chi connectivity index (χ4n) is 0.703. The zero-order valence-corrected chi connectivity index (χ0v) is 12.2. The maximum atomic E-state index is 11.4. The van der Waals surface area contributed by atoms with E-state index in [0.29, 0.717) is 0 Å². The Bertz CT molecular complexity index is 339. The summed E-state index contributed by atoms with van der Waals surface area (Å²) in [5.41, 5.74) is 15.5. The van der Waals surface area contributed by atoms with Gasteiger partial charge in [0, 0.05) is 0 Å². The first kappa shape index (κ1) is 20.6. The molecule has 0 fully saturated rings. The Kier molecular flexibility index (Phi) is 9.69. The molecule has 128 valence electrons. The minimum Gasteiger partial charge on any atom is -0.394 e. The van der Waals surface area contributed by atoms with Crippen LogP contribution in [0.15, 0.2) is 0 Å². The summed E-state index contributed by atoms with van der Waals surface area (Å²) < 4.78 is 13.5. The molecular weight excluding hydrogens is 325 g/mol. The molecule has 0 saturated carbocycles. The molecule has 0 heterocycles. The highest BCUT2D eigenvalue weighted by Crippen LogP contribution is 2.40. The summed E-state index contributed by atoms with van der Waals surface area (Å²) in [5, 5.41) is 26.1. The van der Waals surface area contributed by atoms with E-state index in [4.69, 9.17) is 32.5 Å². The van der Waals surface area contributed by atoms with Gasteiger partial charge in [0.1, 0.15) is 18.1 Å². The Morgan fingerprint density at radius 1 is 0.727 bits per heavy atom. The summed E-state index contributed by atoms with van der Waals surface area (Å²) in [6, 6.07) is -4.37. The number of hydrogen-bond acceptors (Lipinski definition) is 12. The summed E-state index contributed by atoms with van der Waals surface area (Å²) in [7, 11) is -2.92. The van der Waals surface area contributed by atoms with Gasteiger partial charge < -0.3 is 46.1 Å². The van der Waals surface area contributed by atoms with Gasteiger partial charge in [0.05, 0.1) is 19.8 Å². The molecule has 9 N–H and O–H groups in total. The van der Waals surface area contributed by atoms with E-state index in [1.807, 2.05) is 0 Å². The number of hydrogen-bond donors (Lipinski definition) is 6. The molecule has 0 aliphatic heterocycles. The van der Waals surface area contributed by atoms with E-state index in [1.165, 1.54) is 0 Å². The average Bonchev–Trinajstić information content (AvgIpc) is 2.51. The SMILES string of the molecule is N[C@@H](CO)C(=O)OP(OC(=O)[C@@H](N)CO)OC(=O)[C@@H](N)CO. The van der Waals surface area contributed by atoms with Crippen molar-refractivity contribution >= 4 is 26.5 Å². The molecule has 0 aromatic rings. The number of rotatable bonds is 9. The van der Waals surface area contributed by atoms with Crippen LogP contribution in [-0.4, -0.2) is 71.2 Å². The molecule has 0 aromatic heterocycles. The molecule has 3 atom stereocenters. The molecule has 0 rings (SSSR count). The van der Waals surface area contributed by atoms with Crippen molar-refractivity contribution in [3.8, 4) is 0 Å². The van der Waals surface area contributed by atoms with Crippen LogP contribution in [0.1, 0.15) is 0 Å². The van der Waals surface area contributed by atoms with Crippen molar-refractivity contribution < 1.29 is 43.3 Å². The van der Waals surface area contributed by atoms with Gasteiger partial charge in [-0.05, 0) is 0 Å². The molecule has 22 heavy (non-hydrogen) atoms. The van der Waals surface area contributed by atoms with Crippen molar-refractivity contribution in [3.05, 3.63) is 0 Å². The summed E-state index contributed by atoms with van der Waals surface area (Å²) in [6.45, 7) is -2.30. The molecule has 0 radical (unpaired) electrons. The van der Waals surface area contributed by atoms with Crippen molar-refractivity contribution in [2.24, 2.45) is 17.2 Å². The number of carbonyl (C=O) groups is 3. The van der Waals surface area contributed by atoms with Gasteiger partial charge in [0.15, 0.2) is 0 Å². The first-order valence-corrected chi connectivity index (χ1v) is 6.91. The van der Waals surface area contributed by atoms with Crippen LogP contribution in [0.25, 0.3) is 0 Å². The molecule has 12 nitrogen and oxygen atoms in total. The molecule has 0 aliphatic rings. The van der Waals surface area contributed by atoms with Gasteiger partial charge in [-0.1, -0.05) is 0 Å². The van der Waals surface area contributed by atoms with E-state index in [2.05, 4.69) is 13.6 Å². The molecule has 0 aliphatic carbocycles. The normalized spacial score (nSPS) is 14.9. The number of carbonyl (C=O) groups excluding carboxylic acids is 3. The van der Waals surface area contributed by atoms with Crippen LogP contribution in [0.3, 0.4) is 0 Å². The van der Waals surface area contributed by atoms with Gasteiger partial charge in [-0.2, -0.15) is 0 Å². The lowest BCUT2D eigenvalue weighted by atomic mass is 10.3. The fraction of sp³-hybridized carbons (Fsp3) is 0.667. The van der Waals surface area contributed by atoms with Crippen LogP contribution in [0.2, 0.25) is 0 Å². The van der Waals surface area contributed by atoms with E-state index in [9.17, 15) is 14.4 Å². The first-order valence-electron chi connectivity index (χ1n) is 5.81. The van der Waals surface area contributed by atoms with Crippen molar-refractivity contribution in [1.82, 2.24) is 0 Å². The van der Waals surface area contributed by atoms with E-state index in [0.717, 1.165) is 0 Å². The summed E-state index contributed by atoms with van der Waals surface area (Å²) >= 11 is 0. The predicted octanol–water partition coefficient (Wildman–Crippen LogP) is -4.20. The third-order valence-electron chi connectivity index (χ3n) is 1.99. The van der Waals surface area contributed by atoms with Crippen LogP contribution >= 0.6 is 8.60 Å². The number of aliphatic hydroxyl groups is 3. The van der Waals surface area contributed by atoms with Gasteiger partial charge in [0.2, 0.25) is 0 Å². The smallest absolute Gasteiger partial charge is 0.394 e. The first-order chi connectivity index (χ1) is 10.3. The van der Waals surface area contributed by atoms with Gasteiger partial charge in [0.25, 0.3) is 0 Å². The third kappa shape index (κ3) is 7.04. The van der Waals surface area contributed by atoms with E-state index in [1.54, 1.807) is 0 Å². The lowest BCUT2D eigenvalue weighted by molar-refractivity contribution is -0.145. The summed E-state index contributed by atoms with van der Waals surface area (Å²) in [5.74, 6) is -3.65. The summed E-state index contributed by atoms with van der Waals surface area (Å²) in [6.07, 6.45) is 0. The summed E-state index contributed by atoms with van der Waals surface area (Å²) in [4.78, 5) is 34.2. The Morgan fingerprint density at radius 2 is 0.955 bits per heavy atom. The van der Waals surface area contributed by atoms with Crippen LogP contribution in [0, 0.1) is 0 Å². The van der Waals surface area contributed by atoms with Crippen LogP contribution in [0.5, 0.6) is 0 Å². The maximum absolute atomic E-state index is 11.4. The molecule has 0 aromatic carbocycles. The lowest BCUT2D eigenvalue weighted by Gasteiger charge is -2.18. The Balaban J connectivity index is 4.86. The minimum atomic E-state index is -2.92. The van der Waals surface area contributed by atoms with E-state index in [-0.39, 0.29) is 0 Å². The van der Waals surface area contributed by atoms with Gasteiger partial charge >= 0.3 is 26.5 Å². The Labute approximate surface area is 126 Å². The van der Waals surface area contributed by atoms with Crippen molar-refractivity contribution in [2.75, 3.05) is 19.8 Å². The standard InChI is InChI=1S/C9H18N3O9P/c10-4(1-13)7(16)19-22(20-8(17)5(11)2-14)21-9(18)6(12)3-15/h4-6,13-15H,1-3,10-12H2/t4-,5-,6-/m0/s1. The second-order valence-corrected chi connectivity index (χ2v) is 4.82. The van der Waals surface area contributed by atoms with Crippen LogP contribution in [0.4, 0.5) is 0 Å². The monoisotopic (exact) mass is 343 g/mol. The highest BCUT2D eigenvalue weighted by Gasteiger charge is 2.33. The van der Waals surface area contributed by atoms with E-state index >= 15 is 0 Å². The Hall–Kier alpha value is -1.40. The highest BCUT2D eigenvalue weighted by molar-refractivity contribution is 7.43.